The van der Waals surface area contributed by atoms with Crippen molar-refractivity contribution in [3.05, 3.63) is 36.4 Å². The Kier molecular flexibility index (Phi) is 10.4. The molecule has 0 unspecified atom stereocenters. The second kappa shape index (κ2) is 9.47. The summed E-state index contributed by atoms with van der Waals surface area (Å²) in [5, 5.41) is 8.15. The van der Waals surface area contributed by atoms with E-state index in [0.29, 0.717) is 0 Å². The third-order valence-electron chi connectivity index (χ3n) is 1.24. The topological polar surface area (TPSA) is 46.5 Å². The largest absolute Gasteiger partial charge is 1.00 e. The Hall–Kier alpha value is -0.753. The summed E-state index contributed by atoms with van der Waals surface area (Å²) in [5.41, 5.74) is -0.349. The molecule has 1 rings (SSSR count). The van der Waals surface area contributed by atoms with Crippen LogP contribution in [0.3, 0.4) is 0 Å². The Morgan fingerprint density at radius 2 is 1.75 bits per heavy atom. The number of hydrogen-bond acceptors (Lipinski definition) is 2. The van der Waals surface area contributed by atoms with E-state index in [9.17, 15) is 4.79 Å². The van der Waals surface area contributed by atoms with Crippen LogP contribution in [-0.4, -0.2) is 23.3 Å². The summed E-state index contributed by atoms with van der Waals surface area (Å²) in [7, 11) is 0. The van der Waals surface area contributed by atoms with Gasteiger partial charge in [-0.1, -0.05) is 0 Å². The number of aliphatic carboxylic acids is 1. The summed E-state index contributed by atoms with van der Waals surface area (Å²) in [6.07, 6.45) is 0. The first-order valence-electron chi connectivity index (χ1n) is 4.68. The van der Waals surface area contributed by atoms with Crippen LogP contribution in [0.25, 0.3) is 0 Å². The molecule has 84 valence electrons. The monoisotopic (exact) mass is 216 g/mol. The maximum atomic E-state index is 9.92. The summed E-state index contributed by atoms with van der Waals surface area (Å²) in [4.78, 5) is 9.92. The molecule has 0 saturated heterocycles. The molecular weight excluding hydrogens is 199 g/mol. The van der Waals surface area contributed by atoms with Gasteiger partial charge in [0.25, 0.3) is 0 Å². The van der Waals surface area contributed by atoms with Crippen molar-refractivity contribution in [2.45, 2.75) is 26.4 Å². The SMILES string of the molecule is CC(C)(C)OCC(=O)O.[Li+].[c-]1ccccc1. The van der Waals surface area contributed by atoms with Gasteiger partial charge >= 0.3 is 24.8 Å². The third kappa shape index (κ3) is 15.7. The predicted octanol–water partition coefficient (Wildman–Crippen LogP) is -0.623. The zero-order valence-corrected chi connectivity index (χ0v) is 10.4. The fourth-order valence-electron chi connectivity index (χ4n) is 0.620. The average Bonchev–Trinajstić information content (AvgIpc) is 2.18. The molecule has 0 saturated carbocycles. The van der Waals surface area contributed by atoms with Crippen LogP contribution < -0.4 is 18.9 Å². The van der Waals surface area contributed by atoms with E-state index in [1.54, 1.807) is 0 Å². The van der Waals surface area contributed by atoms with Crippen molar-refractivity contribution in [2.75, 3.05) is 6.61 Å². The maximum absolute atomic E-state index is 9.92. The van der Waals surface area contributed by atoms with Crippen molar-refractivity contribution in [3.63, 3.8) is 0 Å². The van der Waals surface area contributed by atoms with Gasteiger partial charge in [0, 0.05) is 0 Å². The molecule has 1 aromatic rings. The van der Waals surface area contributed by atoms with Gasteiger partial charge in [0.1, 0.15) is 6.61 Å². The molecule has 1 aromatic carbocycles. The van der Waals surface area contributed by atoms with Gasteiger partial charge < -0.3 is 9.84 Å². The van der Waals surface area contributed by atoms with Crippen LogP contribution in [0.5, 0.6) is 0 Å². The number of carbonyl (C=O) groups is 1. The van der Waals surface area contributed by atoms with E-state index in [2.05, 4.69) is 6.07 Å². The quantitative estimate of drug-likeness (QED) is 0.529. The molecule has 0 fully saturated rings. The first-order valence-corrected chi connectivity index (χ1v) is 4.68. The molecule has 0 spiro atoms. The van der Waals surface area contributed by atoms with Crippen molar-refractivity contribution >= 4 is 5.97 Å². The fraction of sp³-hybridized carbons (Fsp3) is 0.417. The smallest absolute Gasteiger partial charge is 0.480 e. The van der Waals surface area contributed by atoms with Gasteiger partial charge in [-0.3, -0.25) is 0 Å². The Labute approximate surface area is 109 Å². The van der Waals surface area contributed by atoms with Gasteiger partial charge in [-0.05, 0) is 20.8 Å². The molecule has 0 atom stereocenters. The minimum atomic E-state index is -0.926. The molecule has 0 aliphatic heterocycles. The van der Waals surface area contributed by atoms with E-state index in [1.807, 2.05) is 51.1 Å². The number of ether oxygens (including phenoxy) is 1. The molecule has 1 N–H and O–H groups in total. The Morgan fingerprint density at radius 1 is 1.25 bits per heavy atom. The summed E-state index contributed by atoms with van der Waals surface area (Å²) in [6.45, 7) is 5.23. The van der Waals surface area contributed by atoms with Crippen molar-refractivity contribution in [1.29, 1.82) is 0 Å². The minimum absolute atomic E-state index is 0. The molecule has 16 heavy (non-hydrogen) atoms. The van der Waals surface area contributed by atoms with Crippen molar-refractivity contribution in [3.8, 4) is 0 Å². The molecule has 3 nitrogen and oxygen atoms in total. The van der Waals surface area contributed by atoms with Crippen molar-refractivity contribution in [2.24, 2.45) is 0 Å². The molecule has 0 aromatic heterocycles. The Bertz CT molecular complexity index is 241. The maximum Gasteiger partial charge on any atom is 1.00 e. The molecule has 0 bridgehead atoms. The molecular formula is C12H17LiO3. The second-order valence-electron chi connectivity index (χ2n) is 3.87. The van der Waals surface area contributed by atoms with Gasteiger partial charge in [-0.2, -0.15) is 36.4 Å². The fourth-order valence-corrected chi connectivity index (χ4v) is 0.620. The first kappa shape index (κ1) is 17.6. The summed E-state index contributed by atoms with van der Waals surface area (Å²) < 4.78 is 4.89. The summed E-state index contributed by atoms with van der Waals surface area (Å²) in [6, 6.07) is 12.5. The van der Waals surface area contributed by atoms with Gasteiger partial charge in [0.05, 0.1) is 5.60 Å². The van der Waals surface area contributed by atoms with Crippen LogP contribution in [0, 0.1) is 6.07 Å². The van der Waals surface area contributed by atoms with E-state index in [4.69, 9.17) is 9.84 Å². The molecule has 0 amide bonds. The van der Waals surface area contributed by atoms with Crippen LogP contribution in [0.2, 0.25) is 0 Å². The van der Waals surface area contributed by atoms with E-state index >= 15 is 0 Å². The summed E-state index contributed by atoms with van der Waals surface area (Å²) in [5.74, 6) is -0.926. The van der Waals surface area contributed by atoms with E-state index < -0.39 is 5.97 Å². The number of carboxylic acids is 1. The van der Waals surface area contributed by atoms with Crippen LogP contribution >= 0.6 is 0 Å². The van der Waals surface area contributed by atoms with Gasteiger partial charge in [-0.25, -0.2) is 4.79 Å². The van der Waals surface area contributed by atoms with Crippen LogP contribution in [0.15, 0.2) is 30.3 Å². The number of benzene rings is 1. The van der Waals surface area contributed by atoms with E-state index in [-0.39, 0.29) is 31.1 Å². The molecule has 0 aliphatic rings. The minimum Gasteiger partial charge on any atom is -0.480 e. The Morgan fingerprint density at radius 3 is 1.88 bits per heavy atom. The molecule has 0 aliphatic carbocycles. The standard InChI is InChI=1S/C6H12O3.C6H5.Li/c1-6(2,3)9-4-5(7)8;1-2-4-6-5-3-1;/h4H2,1-3H3,(H,7,8);1-5H;/q;-1;+1. The zero-order valence-electron chi connectivity index (χ0n) is 10.4. The third-order valence-corrected chi connectivity index (χ3v) is 1.24. The predicted molar refractivity (Wildman–Crippen MR) is 58.6 cm³/mol. The summed E-state index contributed by atoms with van der Waals surface area (Å²) >= 11 is 0. The van der Waals surface area contributed by atoms with Gasteiger partial charge in [-0.15, -0.1) is 0 Å². The van der Waals surface area contributed by atoms with E-state index in [1.165, 1.54) is 0 Å². The van der Waals surface area contributed by atoms with Crippen LogP contribution in [0.1, 0.15) is 20.8 Å². The van der Waals surface area contributed by atoms with Crippen LogP contribution in [-0.2, 0) is 9.53 Å². The zero-order chi connectivity index (χ0) is 11.7. The van der Waals surface area contributed by atoms with Crippen molar-refractivity contribution in [1.82, 2.24) is 0 Å². The molecule has 0 radical (unpaired) electrons. The van der Waals surface area contributed by atoms with Crippen molar-refractivity contribution < 1.29 is 33.5 Å². The van der Waals surface area contributed by atoms with Gasteiger partial charge in [0.15, 0.2) is 0 Å². The normalized spacial score (nSPS) is 9.44. The Balaban J connectivity index is 0. The van der Waals surface area contributed by atoms with Crippen LogP contribution in [0.4, 0.5) is 0 Å². The number of hydrogen-bond donors (Lipinski definition) is 1. The number of carboxylic acid groups (broad SMARTS) is 1. The van der Waals surface area contributed by atoms with Gasteiger partial charge in [0.2, 0.25) is 0 Å². The molecule has 4 heteroatoms. The van der Waals surface area contributed by atoms with E-state index in [0.717, 1.165) is 0 Å². The average molecular weight is 216 g/mol. The number of rotatable bonds is 2. The second-order valence-corrected chi connectivity index (χ2v) is 3.87. The first-order chi connectivity index (χ1) is 6.92. The molecule has 0 heterocycles.